The van der Waals surface area contributed by atoms with Gasteiger partial charge in [0.25, 0.3) is 0 Å². The number of nitrogens with zero attached hydrogens (tertiary/aromatic N) is 3. The fourth-order valence-corrected chi connectivity index (χ4v) is 3.07. The van der Waals surface area contributed by atoms with Crippen LogP contribution in [0.15, 0.2) is 36.7 Å². The molecule has 1 aliphatic heterocycles. The minimum absolute atomic E-state index is 0.146. The highest BCUT2D eigenvalue weighted by atomic mass is 16.2. The Kier molecular flexibility index (Phi) is 4.18. The molecule has 1 aromatic heterocycles. The van der Waals surface area contributed by atoms with Crippen molar-refractivity contribution in [2.75, 3.05) is 13.1 Å². The first-order valence-corrected chi connectivity index (χ1v) is 7.78. The van der Waals surface area contributed by atoms with Crippen molar-refractivity contribution in [2.45, 2.75) is 32.6 Å². The molecule has 1 aromatic carbocycles. The molecule has 4 heteroatoms. The van der Waals surface area contributed by atoms with Gasteiger partial charge in [-0.3, -0.25) is 9.78 Å². The molecule has 2 heterocycles. The lowest BCUT2D eigenvalue weighted by Gasteiger charge is -2.31. The van der Waals surface area contributed by atoms with Crippen LogP contribution in [0.1, 0.15) is 36.9 Å². The van der Waals surface area contributed by atoms with Crippen molar-refractivity contribution in [3.05, 3.63) is 47.9 Å². The molecule has 0 saturated carbocycles. The van der Waals surface area contributed by atoms with Crippen LogP contribution in [0.3, 0.4) is 0 Å². The SMILES string of the molecule is CC(=O)N1CCC[C@@H](c2cncc(-c3ccccc3C)n2)C1. The number of amides is 1. The molecule has 2 aromatic rings. The molecule has 1 amide bonds. The number of aryl methyl sites for hydroxylation is 1. The molecule has 114 valence electrons. The van der Waals surface area contributed by atoms with Crippen molar-refractivity contribution < 1.29 is 4.79 Å². The second kappa shape index (κ2) is 6.26. The molecule has 0 aliphatic carbocycles. The van der Waals surface area contributed by atoms with Crippen LogP contribution in [-0.2, 0) is 4.79 Å². The van der Waals surface area contributed by atoms with Gasteiger partial charge >= 0.3 is 0 Å². The van der Waals surface area contributed by atoms with E-state index in [1.807, 2.05) is 29.4 Å². The summed E-state index contributed by atoms with van der Waals surface area (Å²) in [7, 11) is 0. The van der Waals surface area contributed by atoms with E-state index in [9.17, 15) is 4.79 Å². The number of rotatable bonds is 2. The van der Waals surface area contributed by atoms with Gasteiger partial charge in [-0.05, 0) is 25.3 Å². The zero-order valence-electron chi connectivity index (χ0n) is 13.1. The van der Waals surface area contributed by atoms with Crippen molar-refractivity contribution in [3.8, 4) is 11.3 Å². The largest absolute Gasteiger partial charge is 0.342 e. The summed E-state index contributed by atoms with van der Waals surface area (Å²) >= 11 is 0. The lowest BCUT2D eigenvalue weighted by Crippen LogP contribution is -2.37. The van der Waals surface area contributed by atoms with Crippen molar-refractivity contribution in [3.63, 3.8) is 0 Å². The highest BCUT2D eigenvalue weighted by molar-refractivity contribution is 5.73. The number of carbonyl (C=O) groups excluding carboxylic acids is 1. The van der Waals surface area contributed by atoms with Crippen molar-refractivity contribution >= 4 is 5.91 Å². The van der Waals surface area contributed by atoms with Gasteiger partial charge < -0.3 is 4.90 Å². The lowest BCUT2D eigenvalue weighted by atomic mass is 9.94. The van der Waals surface area contributed by atoms with Crippen LogP contribution in [0.25, 0.3) is 11.3 Å². The molecule has 0 radical (unpaired) electrons. The molecule has 3 rings (SSSR count). The van der Waals surface area contributed by atoms with E-state index in [0.717, 1.165) is 42.9 Å². The molecule has 0 N–H and O–H groups in total. The molecule has 1 atom stereocenters. The number of hydrogen-bond donors (Lipinski definition) is 0. The first-order valence-electron chi connectivity index (χ1n) is 7.78. The van der Waals surface area contributed by atoms with Crippen molar-refractivity contribution in [1.29, 1.82) is 0 Å². The Morgan fingerprint density at radius 3 is 2.86 bits per heavy atom. The Morgan fingerprint density at radius 1 is 1.27 bits per heavy atom. The predicted molar refractivity (Wildman–Crippen MR) is 86.4 cm³/mol. The second-order valence-electron chi connectivity index (χ2n) is 5.95. The highest BCUT2D eigenvalue weighted by Gasteiger charge is 2.24. The van der Waals surface area contributed by atoms with E-state index < -0.39 is 0 Å². The van der Waals surface area contributed by atoms with Gasteiger partial charge in [0.15, 0.2) is 0 Å². The van der Waals surface area contributed by atoms with Crippen molar-refractivity contribution in [1.82, 2.24) is 14.9 Å². The van der Waals surface area contributed by atoms with E-state index in [4.69, 9.17) is 4.98 Å². The summed E-state index contributed by atoms with van der Waals surface area (Å²) in [5, 5.41) is 0. The normalized spacial score (nSPS) is 18.3. The first kappa shape index (κ1) is 14.7. The van der Waals surface area contributed by atoms with Crippen LogP contribution in [0, 0.1) is 6.92 Å². The zero-order chi connectivity index (χ0) is 15.5. The number of benzene rings is 1. The van der Waals surface area contributed by atoms with Gasteiger partial charge in [-0.15, -0.1) is 0 Å². The minimum Gasteiger partial charge on any atom is -0.342 e. The summed E-state index contributed by atoms with van der Waals surface area (Å²) in [5.41, 5.74) is 4.22. The maximum Gasteiger partial charge on any atom is 0.219 e. The zero-order valence-corrected chi connectivity index (χ0v) is 13.1. The van der Waals surface area contributed by atoms with E-state index in [0.29, 0.717) is 0 Å². The number of aromatic nitrogens is 2. The van der Waals surface area contributed by atoms with E-state index in [-0.39, 0.29) is 11.8 Å². The van der Waals surface area contributed by atoms with Gasteiger partial charge in [0.2, 0.25) is 5.91 Å². The molecule has 4 nitrogen and oxygen atoms in total. The Labute approximate surface area is 131 Å². The Hall–Kier alpha value is -2.23. The average molecular weight is 295 g/mol. The van der Waals surface area contributed by atoms with Crippen molar-refractivity contribution in [2.24, 2.45) is 0 Å². The summed E-state index contributed by atoms with van der Waals surface area (Å²) in [5.74, 6) is 0.432. The van der Waals surface area contributed by atoms with Gasteiger partial charge in [0.1, 0.15) is 0 Å². The molecule has 1 saturated heterocycles. The predicted octanol–water partition coefficient (Wildman–Crippen LogP) is 3.18. The van der Waals surface area contributed by atoms with Gasteiger partial charge in [-0.2, -0.15) is 0 Å². The smallest absolute Gasteiger partial charge is 0.219 e. The lowest BCUT2D eigenvalue weighted by molar-refractivity contribution is -0.130. The van der Waals surface area contributed by atoms with Gasteiger partial charge in [-0.25, -0.2) is 4.98 Å². The Morgan fingerprint density at radius 2 is 2.09 bits per heavy atom. The fourth-order valence-electron chi connectivity index (χ4n) is 3.07. The monoisotopic (exact) mass is 295 g/mol. The topological polar surface area (TPSA) is 46.1 Å². The maximum absolute atomic E-state index is 11.6. The van der Waals surface area contributed by atoms with E-state index >= 15 is 0 Å². The summed E-state index contributed by atoms with van der Waals surface area (Å²) < 4.78 is 0. The third-order valence-corrected chi connectivity index (χ3v) is 4.36. The molecule has 1 aliphatic rings. The molecule has 22 heavy (non-hydrogen) atoms. The van der Waals surface area contributed by atoms with Crippen LogP contribution in [0.2, 0.25) is 0 Å². The standard InChI is InChI=1S/C18H21N3O/c1-13-6-3-4-8-16(13)18-11-19-10-17(20-18)15-7-5-9-21(12-15)14(2)22/h3-4,6,8,10-11,15H,5,7,9,12H2,1-2H3/t15-/m1/s1. The maximum atomic E-state index is 11.6. The van der Waals surface area contributed by atoms with Gasteiger partial charge in [0, 0.05) is 37.7 Å². The third-order valence-electron chi connectivity index (χ3n) is 4.36. The summed E-state index contributed by atoms with van der Waals surface area (Å²) in [4.78, 5) is 22.7. The Bertz CT molecular complexity index is 684. The molecule has 1 fully saturated rings. The van der Waals surface area contributed by atoms with E-state index in [1.54, 1.807) is 6.92 Å². The molecular weight excluding hydrogens is 274 g/mol. The van der Waals surface area contributed by atoms with Crippen LogP contribution in [-0.4, -0.2) is 33.9 Å². The van der Waals surface area contributed by atoms with Gasteiger partial charge in [0.05, 0.1) is 17.6 Å². The van der Waals surface area contributed by atoms with E-state index in [1.165, 1.54) is 5.56 Å². The Balaban J connectivity index is 1.88. The fraction of sp³-hybridized carbons (Fsp3) is 0.389. The van der Waals surface area contributed by atoms with Crippen LogP contribution < -0.4 is 0 Å². The van der Waals surface area contributed by atoms with E-state index in [2.05, 4.69) is 24.0 Å². The molecular formula is C18H21N3O. The van der Waals surface area contributed by atoms with Gasteiger partial charge in [-0.1, -0.05) is 24.3 Å². The van der Waals surface area contributed by atoms with Crippen LogP contribution in [0.4, 0.5) is 0 Å². The quantitative estimate of drug-likeness (QED) is 0.855. The summed E-state index contributed by atoms with van der Waals surface area (Å²) in [6.45, 7) is 5.33. The van der Waals surface area contributed by atoms with Crippen LogP contribution >= 0.6 is 0 Å². The molecule has 0 unspecified atom stereocenters. The number of hydrogen-bond acceptors (Lipinski definition) is 3. The third kappa shape index (κ3) is 3.01. The number of piperidine rings is 1. The highest BCUT2D eigenvalue weighted by Crippen LogP contribution is 2.27. The number of likely N-dealkylation sites (tertiary alicyclic amines) is 1. The number of carbonyl (C=O) groups is 1. The first-order chi connectivity index (χ1) is 10.6. The summed E-state index contributed by atoms with van der Waals surface area (Å²) in [6.07, 6.45) is 5.75. The van der Waals surface area contributed by atoms with Crippen LogP contribution in [0.5, 0.6) is 0 Å². The molecule has 0 spiro atoms. The summed E-state index contributed by atoms with van der Waals surface area (Å²) in [6, 6.07) is 8.21. The second-order valence-corrected chi connectivity index (χ2v) is 5.95. The average Bonchev–Trinajstić information content (AvgIpc) is 2.55. The minimum atomic E-state index is 0.146. The molecule has 0 bridgehead atoms.